The number of furan rings is 1. The summed E-state index contributed by atoms with van der Waals surface area (Å²) in [6.45, 7) is 8.29. The van der Waals surface area contributed by atoms with Gasteiger partial charge in [-0.3, -0.25) is 9.78 Å². The Bertz CT molecular complexity index is 912. The van der Waals surface area contributed by atoms with Crippen LogP contribution >= 0.6 is 0 Å². The number of benzene rings is 1. The summed E-state index contributed by atoms with van der Waals surface area (Å²) in [5.41, 5.74) is 7.10. The minimum Gasteiger partial charge on any atom is -0.448 e. The zero-order chi connectivity index (χ0) is 20.5. The Kier molecular flexibility index (Phi) is 7.95. The number of halogens is 1. The highest BCUT2D eigenvalue weighted by atomic mass is 19.1. The molecule has 0 saturated carbocycles. The van der Waals surface area contributed by atoms with Crippen LogP contribution in [0.4, 0.5) is 15.8 Å². The maximum Gasteiger partial charge on any atom is 0.286 e. The number of nitrogens with one attached hydrogen (secondary N) is 2. The average Bonchev–Trinajstić information content (AvgIpc) is 3.38. The van der Waals surface area contributed by atoms with Crippen LogP contribution in [-0.4, -0.2) is 24.0 Å². The fraction of sp³-hybridized carbons (Fsp3) is 0.333. The monoisotopic (exact) mass is 386 g/mol. The Morgan fingerprint density at radius 1 is 1.25 bits per heavy atom. The number of hydrogen-bond acceptors (Lipinski definition) is 5. The molecule has 7 heteroatoms. The smallest absolute Gasteiger partial charge is 0.286 e. The lowest BCUT2D eigenvalue weighted by atomic mass is 10.2. The lowest BCUT2D eigenvalue weighted by molar-refractivity contribution is 0.0977. The van der Waals surface area contributed by atoms with Gasteiger partial charge < -0.3 is 20.8 Å². The van der Waals surface area contributed by atoms with Crippen LogP contribution in [0.5, 0.6) is 0 Å². The van der Waals surface area contributed by atoms with Crippen LogP contribution in [-0.2, 0) is 0 Å². The molecule has 1 amide bonds. The molecule has 0 bridgehead atoms. The molecular formula is C21H27FN4O2. The molecule has 150 valence electrons. The molecule has 0 radical (unpaired) electrons. The lowest BCUT2D eigenvalue weighted by Gasteiger charge is -2.07. The van der Waals surface area contributed by atoms with E-state index in [1.807, 2.05) is 13.8 Å². The summed E-state index contributed by atoms with van der Waals surface area (Å²) in [5, 5.41) is 6.65. The zero-order valence-corrected chi connectivity index (χ0v) is 16.5. The maximum atomic E-state index is 14.0. The van der Waals surface area contributed by atoms with Gasteiger partial charge in [-0.2, -0.15) is 0 Å². The molecule has 0 spiro atoms. The summed E-state index contributed by atoms with van der Waals surface area (Å²) >= 11 is 0. The van der Waals surface area contributed by atoms with E-state index in [1.165, 1.54) is 44.4 Å². The van der Waals surface area contributed by atoms with Crippen LogP contribution in [0.1, 0.15) is 42.8 Å². The number of amides is 1. The average molecular weight is 386 g/mol. The highest BCUT2D eigenvalue weighted by molar-refractivity contribution is 6.06. The molecule has 3 aromatic rings. The van der Waals surface area contributed by atoms with E-state index in [-0.39, 0.29) is 11.4 Å². The van der Waals surface area contributed by atoms with Gasteiger partial charge in [-0.1, -0.05) is 19.9 Å². The number of carbonyl (C=O) groups excluding carboxylic acids is 1. The first kappa shape index (κ1) is 21.4. The zero-order valence-electron chi connectivity index (χ0n) is 16.5. The second-order valence-electron chi connectivity index (χ2n) is 6.11. The van der Waals surface area contributed by atoms with Gasteiger partial charge in [0, 0.05) is 12.4 Å². The Morgan fingerprint density at radius 2 is 1.96 bits per heavy atom. The fourth-order valence-corrected chi connectivity index (χ4v) is 2.72. The number of carbonyl (C=O) groups is 1. The van der Waals surface area contributed by atoms with Gasteiger partial charge in [0.1, 0.15) is 17.1 Å². The molecule has 0 unspecified atom stereocenters. The third-order valence-electron chi connectivity index (χ3n) is 4.05. The lowest BCUT2D eigenvalue weighted by Crippen LogP contribution is -2.11. The second-order valence-corrected chi connectivity index (χ2v) is 6.11. The number of hydrogen-bond donors (Lipinski definition) is 3. The van der Waals surface area contributed by atoms with Gasteiger partial charge in [-0.25, -0.2) is 4.39 Å². The van der Waals surface area contributed by atoms with Gasteiger partial charge in [0.05, 0.1) is 11.1 Å². The van der Waals surface area contributed by atoms with Crippen molar-refractivity contribution in [3.8, 4) is 0 Å². The number of pyridine rings is 1. The predicted molar refractivity (Wildman–Crippen MR) is 110 cm³/mol. The van der Waals surface area contributed by atoms with Crippen LogP contribution in [0.2, 0.25) is 0 Å². The Labute approximate surface area is 164 Å². The summed E-state index contributed by atoms with van der Waals surface area (Å²) < 4.78 is 19.3. The van der Waals surface area contributed by atoms with Gasteiger partial charge >= 0.3 is 0 Å². The number of nitrogens with two attached hydrogens (primary N) is 1. The molecule has 0 aliphatic carbocycles. The third-order valence-corrected chi connectivity index (χ3v) is 4.05. The van der Waals surface area contributed by atoms with Crippen LogP contribution in [0.25, 0.3) is 11.0 Å². The number of anilines is 2. The Balaban J connectivity index is 0.000000342. The Hall–Kier alpha value is -2.93. The van der Waals surface area contributed by atoms with E-state index in [0.29, 0.717) is 16.7 Å². The highest BCUT2D eigenvalue weighted by Gasteiger charge is 2.19. The molecule has 4 N–H and O–H groups in total. The second kappa shape index (κ2) is 10.4. The van der Waals surface area contributed by atoms with Crippen molar-refractivity contribution in [1.29, 1.82) is 0 Å². The van der Waals surface area contributed by atoms with Crippen molar-refractivity contribution in [3.63, 3.8) is 0 Å². The molecule has 1 aliphatic rings. The topological polar surface area (TPSA) is 93.2 Å². The molecule has 6 nitrogen and oxygen atoms in total. The van der Waals surface area contributed by atoms with Gasteiger partial charge in [-0.05, 0) is 56.6 Å². The van der Waals surface area contributed by atoms with E-state index in [4.69, 9.17) is 10.2 Å². The molecule has 1 saturated heterocycles. The number of primary amides is 1. The van der Waals surface area contributed by atoms with E-state index in [2.05, 4.69) is 15.6 Å². The molecule has 4 rings (SSSR count). The predicted octanol–water partition coefficient (Wildman–Crippen LogP) is 4.51. The summed E-state index contributed by atoms with van der Waals surface area (Å²) in [5.74, 6) is -1.22. The van der Waals surface area contributed by atoms with E-state index in [1.54, 1.807) is 25.1 Å². The largest absolute Gasteiger partial charge is 0.448 e. The van der Waals surface area contributed by atoms with E-state index >= 15 is 0 Å². The molecule has 3 heterocycles. The molecule has 1 aromatic carbocycles. The van der Waals surface area contributed by atoms with Crippen molar-refractivity contribution in [1.82, 2.24) is 10.3 Å². The van der Waals surface area contributed by atoms with Crippen molar-refractivity contribution in [2.45, 2.75) is 33.6 Å². The quantitative estimate of drug-likeness (QED) is 0.616. The summed E-state index contributed by atoms with van der Waals surface area (Å²) in [4.78, 5) is 15.5. The first-order valence-corrected chi connectivity index (χ1v) is 9.46. The molecule has 2 aromatic heterocycles. The summed E-state index contributed by atoms with van der Waals surface area (Å²) in [6, 6.07) is 6.35. The standard InChI is InChI=1S/C15H12FN3O2.C4H9N.C2H6/c1-8-2-3-11(10(16)6-8)19-13-9-7-18-5-4-12(9)21-14(13)15(17)20;1-2-4-5-3-1;1-2/h2-7,19H,1H3,(H2,17,20);5H,1-4H2;1-2H3. The molecule has 1 aliphatic heterocycles. The molecule has 0 atom stereocenters. The first-order valence-electron chi connectivity index (χ1n) is 9.46. The van der Waals surface area contributed by atoms with Crippen LogP contribution in [0.3, 0.4) is 0 Å². The fourth-order valence-electron chi connectivity index (χ4n) is 2.72. The first-order chi connectivity index (χ1) is 13.6. The third kappa shape index (κ3) is 5.29. The number of aromatic nitrogens is 1. The number of aryl methyl sites for hydroxylation is 1. The molecular weight excluding hydrogens is 359 g/mol. The normalized spacial score (nSPS) is 12.6. The van der Waals surface area contributed by atoms with Crippen LogP contribution in [0.15, 0.2) is 41.1 Å². The molecule has 1 fully saturated rings. The van der Waals surface area contributed by atoms with Crippen LogP contribution < -0.4 is 16.4 Å². The summed E-state index contributed by atoms with van der Waals surface area (Å²) in [7, 11) is 0. The molecule has 28 heavy (non-hydrogen) atoms. The van der Waals surface area contributed by atoms with Crippen molar-refractivity contribution >= 4 is 28.3 Å². The van der Waals surface area contributed by atoms with Crippen molar-refractivity contribution in [2.24, 2.45) is 5.73 Å². The minimum atomic E-state index is -0.735. The Morgan fingerprint density at radius 3 is 2.54 bits per heavy atom. The van der Waals surface area contributed by atoms with Gasteiger partial charge in [0.15, 0.2) is 0 Å². The number of rotatable bonds is 3. The minimum absolute atomic E-state index is 0.0574. The SMILES string of the molecule is C1CCNC1.CC.Cc1ccc(Nc2c(C(N)=O)oc3ccncc23)c(F)c1. The van der Waals surface area contributed by atoms with Crippen molar-refractivity contribution in [3.05, 3.63) is 53.8 Å². The van der Waals surface area contributed by atoms with Gasteiger partial charge in [0.25, 0.3) is 5.91 Å². The van der Waals surface area contributed by atoms with Gasteiger partial charge in [0.2, 0.25) is 5.76 Å². The van der Waals surface area contributed by atoms with E-state index in [9.17, 15) is 9.18 Å². The number of fused-ring (bicyclic) bond motifs is 1. The summed E-state index contributed by atoms with van der Waals surface area (Å²) in [6.07, 6.45) is 5.84. The van der Waals surface area contributed by atoms with Crippen LogP contribution in [0, 0.1) is 12.7 Å². The number of nitrogens with zero attached hydrogens (tertiary/aromatic N) is 1. The van der Waals surface area contributed by atoms with Gasteiger partial charge in [-0.15, -0.1) is 0 Å². The van der Waals surface area contributed by atoms with Crippen molar-refractivity contribution in [2.75, 3.05) is 18.4 Å². The van der Waals surface area contributed by atoms with E-state index in [0.717, 1.165) is 5.56 Å². The maximum absolute atomic E-state index is 14.0. The highest BCUT2D eigenvalue weighted by Crippen LogP contribution is 2.33. The van der Waals surface area contributed by atoms with E-state index < -0.39 is 11.7 Å². The van der Waals surface area contributed by atoms with Crippen molar-refractivity contribution < 1.29 is 13.6 Å².